The molecule has 1 atom stereocenters. The molecule has 1 fully saturated rings. The first kappa shape index (κ1) is 16.8. The third-order valence-electron chi connectivity index (χ3n) is 3.77. The summed E-state index contributed by atoms with van der Waals surface area (Å²) in [5, 5.41) is 8.94. The fraction of sp³-hybridized carbons (Fsp3) is 0.857. The lowest BCUT2D eigenvalue weighted by Gasteiger charge is -2.32. The van der Waals surface area contributed by atoms with Gasteiger partial charge in [0, 0.05) is 39.9 Å². The lowest BCUT2D eigenvalue weighted by atomic mass is 10.00. The molecular weight excluding hydrogens is 260 g/mol. The fourth-order valence-electron chi connectivity index (χ4n) is 2.39. The molecule has 6 nitrogen and oxygen atoms in total. The number of urea groups is 1. The van der Waals surface area contributed by atoms with Gasteiger partial charge in [0.1, 0.15) is 0 Å². The zero-order valence-electron chi connectivity index (χ0n) is 12.7. The van der Waals surface area contributed by atoms with E-state index in [2.05, 4.69) is 0 Å². The van der Waals surface area contributed by atoms with Crippen LogP contribution in [0.3, 0.4) is 0 Å². The van der Waals surface area contributed by atoms with Crippen LogP contribution in [0.5, 0.6) is 0 Å². The summed E-state index contributed by atoms with van der Waals surface area (Å²) in [7, 11) is 1.78. The van der Waals surface area contributed by atoms with Crippen molar-refractivity contribution in [3.8, 4) is 0 Å². The normalized spacial score (nSPS) is 17.6. The van der Waals surface area contributed by atoms with Crippen molar-refractivity contribution in [1.29, 1.82) is 0 Å². The van der Waals surface area contributed by atoms with Crippen LogP contribution in [0.4, 0.5) is 4.79 Å². The predicted octanol–water partition coefficient (Wildman–Crippen LogP) is 1.51. The first-order valence-electron chi connectivity index (χ1n) is 7.26. The average Bonchev–Trinajstić information content (AvgIpc) is 2.44. The third-order valence-corrected chi connectivity index (χ3v) is 3.77. The summed E-state index contributed by atoms with van der Waals surface area (Å²) in [6.07, 6.45) is 1.96. The number of carbonyl (C=O) groups excluding carboxylic acids is 1. The minimum atomic E-state index is -0.872. The second-order valence-electron chi connectivity index (χ2n) is 5.50. The molecule has 1 aliphatic rings. The molecule has 6 heteroatoms. The van der Waals surface area contributed by atoms with Crippen LogP contribution in [0.15, 0.2) is 0 Å². The molecule has 0 saturated carbocycles. The number of amides is 2. The van der Waals surface area contributed by atoms with Gasteiger partial charge in [-0.15, -0.1) is 0 Å². The molecule has 2 amide bonds. The van der Waals surface area contributed by atoms with Crippen molar-refractivity contribution in [1.82, 2.24) is 9.80 Å². The molecule has 1 rings (SSSR count). The minimum absolute atomic E-state index is 0.0907. The van der Waals surface area contributed by atoms with Crippen LogP contribution in [0.1, 0.15) is 26.7 Å². The minimum Gasteiger partial charge on any atom is -0.481 e. The Morgan fingerprint density at radius 1 is 1.35 bits per heavy atom. The Balaban J connectivity index is 2.49. The van der Waals surface area contributed by atoms with Crippen LogP contribution >= 0.6 is 0 Å². The maximum absolute atomic E-state index is 12.3. The van der Waals surface area contributed by atoms with E-state index in [0.717, 1.165) is 26.1 Å². The van der Waals surface area contributed by atoms with Crippen LogP contribution in [0.25, 0.3) is 0 Å². The molecule has 1 aliphatic heterocycles. The van der Waals surface area contributed by atoms with Gasteiger partial charge in [-0.2, -0.15) is 0 Å². The lowest BCUT2D eigenvalue weighted by molar-refractivity contribution is -0.141. The van der Waals surface area contributed by atoms with Gasteiger partial charge in [-0.25, -0.2) is 4.79 Å². The number of hydrogen-bond donors (Lipinski definition) is 1. The second kappa shape index (κ2) is 8.09. The second-order valence-corrected chi connectivity index (χ2v) is 5.50. The van der Waals surface area contributed by atoms with E-state index < -0.39 is 11.9 Å². The quantitative estimate of drug-likeness (QED) is 0.803. The molecule has 0 aliphatic carbocycles. The lowest BCUT2D eigenvalue weighted by Crippen LogP contribution is -2.45. The number of ether oxygens (including phenoxy) is 1. The maximum atomic E-state index is 12.3. The van der Waals surface area contributed by atoms with Gasteiger partial charge in [-0.1, -0.05) is 6.92 Å². The van der Waals surface area contributed by atoms with Crippen molar-refractivity contribution >= 4 is 12.0 Å². The van der Waals surface area contributed by atoms with Gasteiger partial charge in [0.05, 0.1) is 5.92 Å². The van der Waals surface area contributed by atoms with Gasteiger partial charge in [-0.05, 0) is 25.7 Å². The number of carbonyl (C=O) groups is 2. The highest BCUT2D eigenvalue weighted by Crippen LogP contribution is 2.16. The maximum Gasteiger partial charge on any atom is 0.319 e. The zero-order valence-corrected chi connectivity index (χ0v) is 12.7. The molecule has 20 heavy (non-hydrogen) atoms. The first-order chi connectivity index (χ1) is 9.45. The van der Waals surface area contributed by atoms with Gasteiger partial charge >= 0.3 is 12.0 Å². The number of carboxylic acids is 1. The summed E-state index contributed by atoms with van der Waals surface area (Å²) in [5.74, 6) is -0.938. The Morgan fingerprint density at radius 3 is 2.45 bits per heavy atom. The largest absolute Gasteiger partial charge is 0.481 e. The highest BCUT2D eigenvalue weighted by atomic mass is 16.5. The van der Waals surface area contributed by atoms with Crippen molar-refractivity contribution < 1.29 is 19.4 Å². The monoisotopic (exact) mass is 286 g/mol. The molecule has 0 aromatic rings. The van der Waals surface area contributed by atoms with E-state index >= 15 is 0 Å². The fourth-order valence-corrected chi connectivity index (χ4v) is 2.39. The Bertz CT molecular complexity index is 329. The predicted molar refractivity (Wildman–Crippen MR) is 75.6 cm³/mol. The Labute approximate surface area is 120 Å². The average molecular weight is 286 g/mol. The molecule has 0 spiro atoms. The third kappa shape index (κ3) is 5.00. The van der Waals surface area contributed by atoms with Gasteiger partial charge in [0.25, 0.3) is 0 Å². The van der Waals surface area contributed by atoms with E-state index in [1.807, 2.05) is 6.92 Å². The summed E-state index contributed by atoms with van der Waals surface area (Å²) < 4.78 is 5.31. The zero-order chi connectivity index (χ0) is 15.1. The topological polar surface area (TPSA) is 70.1 Å². The van der Waals surface area contributed by atoms with Crippen molar-refractivity contribution in [2.24, 2.45) is 11.8 Å². The van der Waals surface area contributed by atoms with Gasteiger partial charge < -0.3 is 19.6 Å². The van der Waals surface area contributed by atoms with Crippen molar-refractivity contribution in [3.63, 3.8) is 0 Å². The standard InChI is InChI=1S/C14H26N2O4/c1-4-16(9-11(2)13(17)18)14(19)15(3)10-12-5-7-20-8-6-12/h11-12H,4-10H2,1-3H3,(H,17,18). The highest BCUT2D eigenvalue weighted by molar-refractivity contribution is 5.75. The van der Waals surface area contributed by atoms with E-state index in [1.165, 1.54) is 0 Å². The Morgan fingerprint density at radius 2 is 1.95 bits per heavy atom. The van der Waals surface area contributed by atoms with Crippen molar-refractivity contribution in [2.45, 2.75) is 26.7 Å². The van der Waals surface area contributed by atoms with Crippen molar-refractivity contribution in [3.05, 3.63) is 0 Å². The van der Waals surface area contributed by atoms with Crippen molar-refractivity contribution in [2.75, 3.05) is 39.9 Å². The smallest absolute Gasteiger partial charge is 0.319 e. The molecular formula is C14H26N2O4. The van der Waals surface area contributed by atoms with Crippen LogP contribution in [0.2, 0.25) is 0 Å². The van der Waals surface area contributed by atoms with Gasteiger partial charge in [-0.3, -0.25) is 4.79 Å². The summed E-state index contributed by atoms with van der Waals surface area (Å²) in [6.45, 7) is 6.50. The summed E-state index contributed by atoms with van der Waals surface area (Å²) in [6, 6.07) is -0.0907. The van der Waals surface area contributed by atoms with E-state index in [0.29, 0.717) is 19.0 Å². The van der Waals surface area contributed by atoms with E-state index in [4.69, 9.17) is 9.84 Å². The summed E-state index contributed by atoms with van der Waals surface area (Å²) in [5.41, 5.74) is 0. The molecule has 1 heterocycles. The molecule has 1 N–H and O–H groups in total. The summed E-state index contributed by atoms with van der Waals surface area (Å²) >= 11 is 0. The number of nitrogens with zero attached hydrogens (tertiary/aromatic N) is 2. The molecule has 1 saturated heterocycles. The number of rotatable bonds is 6. The van der Waals surface area contributed by atoms with Crippen LogP contribution in [0, 0.1) is 11.8 Å². The molecule has 0 aromatic heterocycles. The summed E-state index contributed by atoms with van der Waals surface area (Å²) in [4.78, 5) is 26.5. The van der Waals surface area contributed by atoms with E-state index in [1.54, 1.807) is 23.8 Å². The Kier molecular flexibility index (Phi) is 6.78. The van der Waals surface area contributed by atoms with Crippen LogP contribution in [-0.4, -0.2) is 66.8 Å². The molecule has 116 valence electrons. The van der Waals surface area contributed by atoms with E-state index in [9.17, 15) is 9.59 Å². The van der Waals surface area contributed by atoms with Gasteiger partial charge in [0.2, 0.25) is 0 Å². The highest BCUT2D eigenvalue weighted by Gasteiger charge is 2.24. The number of carboxylic acid groups (broad SMARTS) is 1. The molecule has 0 bridgehead atoms. The SMILES string of the molecule is CCN(CC(C)C(=O)O)C(=O)N(C)CC1CCOCC1. The van der Waals surface area contributed by atoms with Crippen LogP contribution in [-0.2, 0) is 9.53 Å². The molecule has 0 aromatic carbocycles. The Hall–Kier alpha value is -1.30. The molecule has 1 unspecified atom stereocenters. The van der Waals surface area contributed by atoms with Gasteiger partial charge in [0.15, 0.2) is 0 Å². The van der Waals surface area contributed by atoms with E-state index in [-0.39, 0.29) is 12.6 Å². The number of aliphatic carboxylic acids is 1. The first-order valence-corrected chi connectivity index (χ1v) is 7.26. The van der Waals surface area contributed by atoms with Crippen LogP contribution < -0.4 is 0 Å². The molecule has 0 radical (unpaired) electrons. The number of hydrogen-bond acceptors (Lipinski definition) is 3.